The van der Waals surface area contributed by atoms with Crippen molar-refractivity contribution < 1.29 is 0 Å². The van der Waals surface area contributed by atoms with Crippen molar-refractivity contribution in [2.45, 2.75) is 0 Å². The summed E-state index contributed by atoms with van der Waals surface area (Å²) < 4.78 is 0. The molecule has 6 heavy (non-hydrogen) atoms. The van der Waals surface area contributed by atoms with E-state index in [0.717, 1.165) is 0 Å². The fourth-order valence-corrected chi connectivity index (χ4v) is 0. The first-order chi connectivity index (χ1) is 2.64. The van der Waals surface area contributed by atoms with Gasteiger partial charge in [0, 0.05) is 0 Å². The van der Waals surface area contributed by atoms with Gasteiger partial charge < -0.3 is 0 Å². The Balaban J connectivity index is 3.82. The summed E-state index contributed by atoms with van der Waals surface area (Å²) in [6, 6.07) is 0. The second-order valence-electron chi connectivity index (χ2n) is 0.979. The van der Waals surface area contributed by atoms with Gasteiger partial charge in [-0.05, 0) is 0 Å². The van der Waals surface area contributed by atoms with Crippen molar-refractivity contribution in [1.29, 1.82) is 0 Å². The molecule has 0 spiro atoms. The van der Waals surface area contributed by atoms with Crippen molar-refractivity contribution in [1.82, 2.24) is 0 Å². The van der Waals surface area contributed by atoms with Gasteiger partial charge in [-0.25, -0.2) is 0 Å². The molecule has 0 fully saturated rings. The molecule has 0 aromatic heterocycles. The maximum absolute atomic E-state index is 4.21. The van der Waals surface area contributed by atoms with Crippen molar-refractivity contribution in [3.05, 3.63) is 0 Å². The van der Waals surface area contributed by atoms with E-state index in [-0.39, 0.29) is 13.4 Å². The minimum atomic E-state index is -0.0360. The fraction of sp³-hybridized carbons (Fsp3) is 1.00. The van der Waals surface area contributed by atoms with E-state index >= 15 is 0 Å². The van der Waals surface area contributed by atoms with Gasteiger partial charge in [-0.1, -0.05) is 0 Å². The molecule has 34 valence electrons. The molecule has 0 aromatic carbocycles. The summed E-state index contributed by atoms with van der Waals surface area (Å²) >= 11 is 0. The van der Waals surface area contributed by atoms with Crippen LogP contribution in [-0.4, -0.2) is 13.3 Å². The zero-order valence-electron chi connectivity index (χ0n) is 3.79. The molecule has 0 bridgehead atoms. The van der Waals surface area contributed by atoms with Crippen molar-refractivity contribution >= 4 is 30.1 Å². The van der Waals surface area contributed by atoms with Gasteiger partial charge in [0.25, 0.3) is 0 Å². The molecule has 4 heteroatoms. The first kappa shape index (κ1) is 7.46. The van der Waals surface area contributed by atoms with Gasteiger partial charge in [-0.15, -0.1) is 0 Å². The molecule has 2 unspecified atom stereocenters. The average molecular weight is 154 g/mol. The topological polar surface area (TPSA) is 0 Å². The summed E-state index contributed by atoms with van der Waals surface area (Å²) in [7, 11) is 8.42. The fourth-order valence-electron chi connectivity index (χ4n) is 0. The molecule has 0 aliphatic carbocycles. The molecular weight excluding hydrogens is 148 g/mol. The third-order valence-corrected chi connectivity index (χ3v) is 9.87. The van der Waals surface area contributed by atoms with Gasteiger partial charge in [-0.3, -0.25) is 0 Å². The number of hydrogen-bond donors (Lipinski definition) is 0. The minimum absolute atomic E-state index is 0.0360. The molecule has 0 amide bonds. The second-order valence-corrected chi connectivity index (χ2v) is 12.0. The first-order valence-corrected chi connectivity index (χ1v) is 8.08. The Labute approximate surface area is 44.1 Å². The van der Waals surface area contributed by atoms with Gasteiger partial charge in [0.15, 0.2) is 0 Å². The SMILES string of the molecule is CP(#P)P(C)#P. The normalized spacial score (nSPS) is 13.3. The molecule has 0 aliphatic rings. The van der Waals surface area contributed by atoms with Crippen LogP contribution in [0.25, 0.3) is 0 Å². The summed E-state index contributed by atoms with van der Waals surface area (Å²) in [4.78, 5) is 0. The van der Waals surface area contributed by atoms with Crippen molar-refractivity contribution in [2.75, 3.05) is 13.3 Å². The summed E-state index contributed by atoms with van der Waals surface area (Å²) in [6.45, 7) is 4.17. The molecule has 0 rings (SSSR count). The summed E-state index contributed by atoms with van der Waals surface area (Å²) in [5.74, 6) is 0. The van der Waals surface area contributed by atoms with E-state index in [1.54, 1.807) is 0 Å². The van der Waals surface area contributed by atoms with Crippen LogP contribution in [0.1, 0.15) is 0 Å². The van der Waals surface area contributed by atoms with Gasteiger partial charge in [0.1, 0.15) is 0 Å². The van der Waals surface area contributed by atoms with E-state index in [9.17, 15) is 0 Å². The summed E-state index contributed by atoms with van der Waals surface area (Å²) in [6.07, 6.45) is 0. The van der Waals surface area contributed by atoms with Crippen molar-refractivity contribution in [3.8, 4) is 0 Å². The average Bonchev–Trinajstić information content (AvgIpc) is 1.36. The van der Waals surface area contributed by atoms with Gasteiger partial charge in [-0.2, -0.15) is 0 Å². The summed E-state index contributed by atoms with van der Waals surface area (Å²) in [5, 5.41) is 0. The Bertz CT molecular complexity index is 130. The van der Waals surface area contributed by atoms with E-state index in [0.29, 0.717) is 0 Å². The molecule has 0 saturated heterocycles. The van der Waals surface area contributed by atoms with Crippen LogP contribution in [0.4, 0.5) is 0 Å². The maximum atomic E-state index is 4.21. The molecule has 0 heterocycles. The van der Waals surface area contributed by atoms with Crippen LogP contribution in [0.3, 0.4) is 0 Å². The van der Waals surface area contributed by atoms with Crippen LogP contribution in [0, 0.1) is 0 Å². The van der Waals surface area contributed by atoms with E-state index in [4.69, 9.17) is 0 Å². The van der Waals surface area contributed by atoms with E-state index in [1.165, 1.54) is 0 Å². The van der Waals surface area contributed by atoms with Crippen LogP contribution < -0.4 is 0 Å². The van der Waals surface area contributed by atoms with Crippen LogP contribution in [0.5, 0.6) is 0 Å². The zero-order chi connectivity index (χ0) is 5.15. The number of hydrogen-bond acceptors (Lipinski definition) is 0. The Morgan fingerprint density at radius 3 is 1.17 bits per heavy atom. The predicted octanol–water partition coefficient (Wildman–Crippen LogP) is 3.78. The molecule has 0 saturated carbocycles. The third kappa shape index (κ3) is 3.64. The van der Waals surface area contributed by atoms with Crippen LogP contribution in [-0.2, 0) is 0 Å². The standard InChI is InChI=1S/C2H6P4/c1-5(3)6(2)4/h1-2H3. The molecule has 0 N–H and O–H groups in total. The molecule has 0 nitrogen and oxygen atoms in total. The first-order valence-electron chi connectivity index (χ1n) is 1.49. The molecule has 2 atom stereocenters. The predicted molar refractivity (Wildman–Crippen MR) is 39.5 cm³/mol. The quantitative estimate of drug-likeness (QED) is 0.465. The molecular formula is C2H6P4. The van der Waals surface area contributed by atoms with E-state index in [2.05, 4.69) is 30.0 Å². The van der Waals surface area contributed by atoms with E-state index in [1.807, 2.05) is 0 Å². The van der Waals surface area contributed by atoms with Gasteiger partial charge in [0.2, 0.25) is 0 Å². The Kier molecular flexibility index (Phi) is 4.30. The van der Waals surface area contributed by atoms with Crippen LogP contribution in [0.2, 0.25) is 0 Å². The Morgan fingerprint density at radius 1 is 1.00 bits per heavy atom. The zero-order valence-corrected chi connectivity index (χ0v) is 7.37. The van der Waals surface area contributed by atoms with Crippen molar-refractivity contribution in [2.24, 2.45) is 0 Å². The molecule has 0 radical (unpaired) electrons. The van der Waals surface area contributed by atoms with Crippen LogP contribution >= 0.6 is 30.1 Å². The molecule has 0 aromatic rings. The van der Waals surface area contributed by atoms with E-state index < -0.39 is 0 Å². The Morgan fingerprint density at radius 2 is 1.17 bits per heavy atom. The molecule has 0 aliphatic heterocycles. The van der Waals surface area contributed by atoms with Crippen LogP contribution in [0.15, 0.2) is 0 Å². The van der Waals surface area contributed by atoms with Gasteiger partial charge in [0.05, 0.1) is 0 Å². The second kappa shape index (κ2) is 3.46. The third-order valence-electron chi connectivity index (χ3n) is 0.419. The van der Waals surface area contributed by atoms with Crippen molar-refractivity contribution in [3.63, 3.8) is 0 Å². The Hall–Kier alpha value is 1.46. The monoisotopic (exact) mass is 154 g/mol. The summed E-state index contributed by atoms with van der Waals surface area (Å²) in [5.41, 5.74) is 0. The van der Waals surface area contributed by atoms with Gasteiger partial charge >= 0.3 is 43.4 Å². The number of rotatable bonds is 0.